The molecule has 4 nitrogen and oxygen atoms in total. The number of fused-ring (bicyclic) bond motifs is 1. The van der Waals surface area contributed by atoms with Crippen LogP contribution in [0.3, 0.4) is 0 Å². The van der Waals surface area contributed by atoms with Gasteiger partial charge < -0.3 is 10.5 Å². The van der Waals surface area contributed by atoms with Gasteiger partial charge in [-0.25, -0.2) is 4.39 Å². The molecule has 31 heavy (non-hydrogen) atoms. The summed E-state index contributed by atoms with van der Waals surface area (Å²) >= 11 is 0. The molecule has 3 aromatic rings. The van der Waals surface area contributed by atoms with E-state index in [0.717, 1.165) is 29.7 Å². The highest BCUT2D eigenvalue weighted by molar-refractivity contribution is 5.87. The number of nitrogens with zero attached hydrogens (tertiary/aromatic N) is 1. The largest absolute Gasteiger partial charge is 0.497 e. The third-order valence-electron chi connectivity index (χ3n) is 6.57. The fourth-order valence-electron chi connectivity index (χ4n) is 4.93. The second-order valence-electron chi connectivity index (χ2n) is 8.46. The van der Waals surface area contributed by atoms with Crippen LogP contribution in [0.4, 0.5) is 4.39 Å². The first-order valence-electron chi connectivity index (χ1n) is 10.8. The summed E-state index contributed by atoms with van der Waals surface area (Å²) in [4.78, 5) is 14.4. The Balaban J connectivity index is 1.70. The zero-order chi connectivity index (χ0) is 22.0. The molecule has 0 bridgehead atoms. The summed E-state index contributed by atoms with van der Waals surface area (Å²) in [5.74, 6) is 0.194. The third-order valence-corrected chi connectivity index (χ3v) is 6.57. The van der Waals surface area contributed by atoms with Crippen molar-refractivity contribution < 1.29 is 13.9 Å². The number of hydrogen-bond donors (Lipinski definition) is 1. The molecule has 3 aromatic carbocycles. The van der Waals surface area contributed by atoms with Crippen molar-refractivity contribution in [3.05, 3.63) is 77.6 Å². The Morgan fingerprint density at radius 2 is 2.00 bits per heavy atom. The van der Waals surface area contributed by atoms with Gasteiger partial charge >= 0.3 is 0 Å². The van der Waals surface area contributed by atoms with Crippen LogP contribution < -0.4 is 10.5 Å². The first-order valence-corrected chi connectivity index (χ1v) is 10.8. The molecule has 0 spiro atoms. The lowest BCUT2D eigenvalue weighted by Gasteiger charge is -2.43. The average molecular weight is 421 g/mol. The number of ether oxygens (including phenoxy) is 1. The van der Waals surface area contributed by atoms with Crippen LogP contribution in [-0.2, 0) is 11.2 Å². The molecule has 162 valence electrons. The van der Waals surface area contributed by atoms with Gasteiger partial charge in [0, 0.05) is 18.0 Å². The smallest absolute Gasteiger partial charge is 0.220 e. The van der Waals surface area contributed by atoms with E-state index in [1.165, 1.54) is 17.0 Å². The maximum absolute atomic E-state index is 13.8. The lowest BCUT2D eigenvalue weighted by molar-refractivity contribution is -0.124. The lowest BCUT2D eigenvalue weighted by Crippen LogP contribution is -2.47. The molecule has 1 aliphatic rings. The monoisotopic (exact) mass is 420 g/mol. The van der Waals surface area contributed by atoms with E-state index in [0.29, 0.717) is 12.8 Å². The minimum absolute atomic E-state index is 0.0908. The summed E-state index contributed by atoms with van der Waals surface area (Å²) in [7, 11) is 1.68. The van der Waals surface area contributed by atoms with E-state index in [2.05, 4.69) is 42.2 Å². The molecule has 4 rings (SSSR count). The van der Waals surface area contributed by atoms with E-state index in [-0.39, 0.29) is 29.7 Å². The van der Waals surface area contributed by atoms with Gasteiger partial charge in [0.2, 0.25) is 5.91 Å². The van der Waals surface area contributed by atoms with Gasteiger partial charge in [-0.15, -0.1) is 0 Å². The van der Waals surface area contributed by atoms with Gasteiger partial charge in [-0.05, 0) is 78.9 Å². The molecule has 0 saturated carbocycles. The van der Waals surface area contributed by atoms with Crippen LogP contribution in [0.25, 0.3) is 10.8 Å². The topological polar surface area (TPSA) is 55.6 Å². The van der Waals surface area contributed by atoms with Crippen LogP contribution in [0.15, 0.2) is 60.7 Å². The number of carbonyl (C=O) groups is 1. The van der Waals surface area contributed by atoms with Gasteiger partial charge in [0.1, 0.15) is 11.6 Å². The van der Waals surface area contributed by atoms with Gasteiger partial charge in [0.05, 0.1) is 7.11 Å². The predicted octanol–water partition coefficient (Wildman–Crippen LogP) is 4.86. The number of rotatable bonds is 6. The minimum atomic E-state index is -0.247. The Morgan fingerprint density at radius 3 is 2.74 bits per heavy atom. The number of carbonyl (C=O) groups excluding carboxylic acids is 1. The third kappa shape index (κ3) is 4.57. The fourth-order valence-corrected chi connectivity index (χ4v) is 4.93. The van der Waals surface area contributed by atoms with Crippen LogP contribution in [0.1, 0.15) is 36.9 Å². The molecule has 2 N–H and O–H groups in total. The molecule has 0 aromatic heterocycles. The number of methoxy groups -OCH3 is 1. The molecule has 3 atom stereocenters. The highest BCUT2D eigenvalue weighted by atomic mass is 19.1. The van der Waals surface area contributed by atoms with Gasteiger partial charge in [-0.3, -0.25) is 9.69 Å². The molecule has 1 heterocycles. The normalized spacial score (nSPS) is 20.5. The number of hydrogen-bond acceptors (Lipinski definition) is 3. The summed E-state index contributed by atoms with van der Waals surface area (Å²) in [6, 6.07) is 19.4. The Kier molecular flexibility index (Phi) is 6.23. The average Bonchev–Trinajstić information content (AvgIpc) is 2.77. The van der Waals surface area contributed by atoms with E-state index in [1.807, 2.05) is 12.1 Å². The number of nitrogens with two attached hydrogens (primary N) is 1. The molecule has 5 heteroatoms. The number of benzene rings is 3. The number of amides is 1. The van der Waals surface area contributed by atoms with E-state index in [4.69, 9.17) is 10.5 Å². The Hall–Kier alpha value is -2.92. The molecule has 0 radical (unpaired) electrons. The summed E-state index contributed by atoms with van der Waals surface area (Å²) in [5, 5.41) is 2.33. The number of primary amides is 1. The summed E-state index contributed by atoms with van der Waals surface area (Å²) in [6.07, 6.45) is 2.09. The van der Waals surface area contributed by atoms with E-state index in [9.17, 15) is 9.18 Å². The Labute approximate surface area is 182 Å². The summed E-state index contributed by atoms with van der Waals surface area (Å²) in [6.45, 7) is 2.96. The second-order valence-corrected chi connectivity index (χ2v) is 8.46. The van der Waals surface area contributed by atoms with Crippen molar-refractivity contribution in [3.63, 3.8) is 0 Å². The van der Waals surface area contributed by atoms with Crippen LogP contribution in [0, 0.1) is 11.7 Å². The van der Waals surface area contributed by atoms with Crippen LogP contribution in [0.2, 0.25) is 0 Å². The zero-order valence-electron chi connectivity index (χ0n) is 18.1. The van der Waals surface area contributed by atoms with E-state index >= 15 is 0 Å². The van der Waals surface area contributed by atoms with Crippen LogP contribution >= 0.6 is 0 Å². The van der Waals surface area contributed by atoms with Crippen molar-refractivity contribution in [3.8, 4) is 5.75 Å². The fraction of sp³-hybridized carbons (Fsp3) is 0.346. The van der Waals surface area contributed by atoms with Gasteiger partial charge in [0.25, 0.3) is 0 Å². The van der Waals surface area contributed by atoms with E-state index in [1.54, 1.807) is 19.2 Å². The molecule has 1 fully saturated rings. The number of piperidine rings is 1. The first kappa shape index (κ1) is 21.3. The standard InChI is InChI=1S/C26H29FN2O2/c1-17(25-16-23(31-2)15-19-7-3-4-9-24(19)25)29-11-10-20(26(28)30)14-22(29)13-18-6-5-8-21(27)12-18/h3-9,12,15-17,20,22H,10-11,13-14H2,1-2H3,(H2,28,30). The predicted molar refractivity (Wildman–Crippen MR) is 121 cm³/mol. The van der Waals surface area contributed by atoms with Gasteiger partial charge in [0.15, 0.2) is 0 Å². The molecule has 1 amide bonds. The zero-order valence-corrected chi connectivity index (χ0v) is 18.1. The molecule has 0 aliphatic carbocycles. The molecule has 3 unspecified atom stereocenters. The van der Waals surface area contributed by atoms with Crippen LogP contribution in [-0.4, -0.2) is 30.5 Å². The van der Waals surface area contributed by atoms with E-state index < -0.39 is 0 Å². The van der Waals surface area contributed by atoms with Crippen molar-refractivity contribution in [1.29, 1.82) is 0 Å². The maximum Gasteiger partial charge on any atom is 0.220 e. The quantitative estimate of drug-likeness (QED) is 0.620. The van der Waals surface area contributed by atoms with Crippen molar-refractivity contribution in [2.45, 2.75) is 38.3 Å². The number of halogens is 1. The van der Waals surface area contributed by atoms with Gasteiger partial charge in [-0.2, -0.15) is 0 Å². The molecule has 1 aliphatic heterocycles. The second kappa shape index (κ2) is 9.06. The molecular formula is C26H29FN2O2. The van der Waals surface area contributed by atoms with Gasteiger partial charge in [-0.1, -0.05) is 36.4 Å². The SMILES string of the molecule is COc1cc(C(C)N2CCC(C(N)=O)CC2Cc2cccc(F)c2)c2ccccc2c1. The number of likely N-dealkylation sites (tertiary alicyclic amines) is 1. The highest BCUT2D eigenvalue weighted by Crippen LogP contribution is 2.37. The van der Waals surface area contributed by atoms with Crippen molar-refractivity contribution in [2.75, 3.05) is 13.7 Å². The van der Waals surface area contributed by atoms with Crippen LogP contribution in [0.5, 0.6) is 5.75 Å². The first-order chi connectivity index (χ1) is 15.0. The minimum Gasteiger partial charge on any atom is -0.497 e. The van der Waals surface area contributed by atoms with Crippen molar-refractivity contribution in [2.24, 2.45) is 11.7 Å². The van der Waals surface area contributed by atoms with Crippen molar-refractivity contribution >= 4 is 16.7 Å². The molecule has 1 saturated heterocycles. The summed E-state index contributed by atoms with van der Waals surface area (Å²) in [5.41, 5.74) is 7.78. The summed E-state index contributed by atoms with van der Waals surface area (Å²) < 4.78 is 19.4. The Morgan fingerprint density at radius 1 is 1.19 bits per heavy atom. The molecular weight excluding hydrogens is 391 g/mol. The highest BCUT2D eigenvalue weighted by Gasteiger charge is 2.34. The lowest BCUT2D eigenvalue weighted by atomic mass is 9.85. The maximum atomic E-state index is 13.8. The Bertz CT molecular complexity index is 1080. The van der Waals surface area contributed by atoms with Crippen molar-refractivity contribution in [1.82, 2.24) is 4.90 Å².